The third-order valence-electron chi connectivity index (χ3n) is 6.97. The van der Waals surface area contributed by atoms with Crippen LogP contribution in [0.1, 0.15) is 68.1 Å². The summed E-state index contributed by atoms with van der Waals surface area (Å²) in [6, 6.07) is 3.75. The number of rotatable bonds is 10. The van der Waals surface area contributed by atoms with Crippen LogP contribution in [0, 0.1) is 0 Å². The summed E-state index contributed by atoms with van der Waals surface area (Å²) in [6.07, 6.45) is 5.59. The normalized spacial score (nSPS) is 16.5. The van der Waals surface area contributed by atoms with Crippen molar-refractivity contribution in [1.82, 2.24) is 20.1 Å². The van der Waals surface area contributed by atoms with E-state index in [0.29, 0.717) is 30.0 Å². The van der Waals surface area contributed by atoms with Gasteiger partial charge in [0.1, 0.15) is 11.3 Å². The van der Waals surface area contributed by atoms with Crippen LogP contribution in [0.4, 0.5) is 15.3 Å². The number of anilines is 1. The van der Waals surface area contributed by atoms with E-state index in [9.17, 15) is 14.4 Å². The van der Waals surface area contributed by atoms with Gasteiger partial charge in [-0.2, -0.15) is 0 Å². The number of pyridine rings is 1. The number of urea groups is 1. The Morgan fingerprint density at radius 3 is 2.58 bits per heavy atom. The fourth-order valence-electron chi connectivity index (χ4n) is 4.83. The predicted octanol–water partition coefficient (Wildman–Crippen LogP) is 4.70. The van der Waals surface area contributed by atoms with Gasteiger partial charge in [0.2, 0.25) is 0 Å². The highest BCUT2D eigenvalue weighted by Crippen LogP contribution is 2.24. The SMILES string of the molecule is CC(C)(C)OC(=O)Nc1cscc1CC(=O)c1ccc(CN(CCN2CCOCC2)C(=O)NC2CCCC2)cn1. The van der Waals surface area contributed by atoms with Gasteiger partial charge in [0, 0.05) is 56.8 Å². The van der Waals surface area contributed by atoms with E-state index >= 15 is 0 Å². The Morgan fingerprint density at radius 1 is 1.15 bits per heavy atom. The third-order valence-corrected chi connectivity index (χ3v) is 7.76. The molecule has 4 rings (SSSR count). The van der Waals surface area contributed by atoms with Gasteiger partial charge in [0.05, 0.1) is 18.9 Å². The van der Waals surface area contributed by atoms with Gasteiger partial charge in [-0.05, 0) is 56.2 Å². The molecule has 3 amide bonds. The van der Waals surface area contributed by atoms with Crippen LogP contribution >= 0.6 is 11.3 Å². The quantitative estimate of drug-likeness (QED) is 0.398. The van der Waals surface area contributed by atoms with Crippen LogP contribution < -0.4 is 10.6 Å². The summed E-state index contributed by atoms with van der Waals surface area (Å²) in [6.45, 7) is 10.4. The van der Waals surface area contributed by atoms with Crippen molar-refractivity contribution in [3.63, 3.8) is 0 Å². The van der Waals surface area contributed by atoms with Crippen molar-refractivity contribution in [2.45, 2.75) is 71.1 Å². The van der Waals surface area contributed by atoms with Crippen LogP contribution in [0.15, 0.2) is 29.1 Å². The lowest BCUT2D eigenvalue weighted by atomic mass is 10.1. The number of carbonyl (C=O) groups is 3. The van der Waals surface area contributed by atoms with Crippen molar-refractivity contribution < 1.29 is 23.9 Å². The summed E-state index contributed by atoms with van der Waals surface area (Å²) in [5, 5.41) is 9.56. The lowest BCUT2D eigenvalue weighted by Gasteiger charge is -2.31. The zero-order valence-electron chi connectivity index (χ0n) is 23.7. The Balaban J connectivity index is 1.35. The molecular weight excluding hydrogens is 530 g/mol. The monoisotopic (exact) mass is 571 g/mol. The molecule has 2 aromatic rings. The maximum atomic E-state index is 13.2. The smallest absolute Gasteiger partial charge is 0.412 e. The molecule has 10 nitrogen and oxygen atoms in total. The maximum absolute atomic E-state index is 13.2. The highest BCUT2D eigenvalue weighted by Gasteiger charge is 2.23. The minimum atomic E-state index is -0.614. The molecule has 0 radical (unpaired) electrons. The fourth-order valence-corrected chi connectivity index (χ4v) is 5.61. The van der Waals surface area contributed by atoms with Crippen molar-refractivity contribution in [3.8, 4) is 0 Å². The summed E-state index contributed by atoms with van der Waals surface area (Å²) in [7, 11) is 0. The number of carbonyl (C=O) groups excluding carboxylic acids is 3. The van der Waals surface area contributed by atoms with E-state index < -0.39 is 11.7 Å². The van der Waals surface area contributed by atoms with Gasteiger partial charge < -0.3 is 19.7 Å². The van der Waals surface area contributed by atoms with E-state index in [2.05, 4.69) is 20.5 Å². The number of hydrogen-bond donors (Lipinski definition) is 2. The average Bonchev–Trinajstić information content (AvgIpc) is 3.58. The first-order valence-electron chi connectivity index (χ1n) is 14.0. The molecule has 0 aromatic carbocycles. The number of amides is 3. The second kappa shape index (κ2) is 14.0. The Hall–Kier alpha value is -3.02. The molecule has 1 aliphatic heterocycles. The number of aromatic nitrogens is 1. The molecule has 2 aliphatic rings. The fraction of sp³-hybridized carbons (Fsp3) is 0.586. The number of morpholine rings is 1. The van der Waals surface area contributed by atoms with E-state index in [0.717, 1.165) is 64.1 Å². The summed E-state index contributed by atoms with van der Waals surface area (Å²) < 4.78 is 10.8. The minimum absolute atomic E-state index is 0.0530. The number of Topliss-reactive ketones (excluding diaryl/α,β-unsaturated/α-hetero) is 1. The third kappa shape index (κ3) is 9.28. The van der Waals surface area contributed by atoms with Crippen LogP contribution in [-0.2, 0) is 22.4 Å². The Labute approximate surface area is 240 Å². The van der Waals surface area contributed by atoms with E-state index in [1.54, 1.807) is 38.4 Å². The standard InChI is InChI=1S/C29H41N5O5S/c1-29(2,3)39-28(37)32-25-20-40-19-22(25)16-26(35)24-9-8-21(17-30-24)18-34(11-10-33-12-14-38-15-13-33)27(36)31-23-6-4-5-7-23/h8-9,17,19-20,23H,4-7,10-16,18H2,1-3H3,(H,31,36)(H,32,37). The maximum Gasteiger partial charge on any atom is 0.412 e. The van der Waals surface area contributed by atoms with Crippen molar-refractivity contribution in [2.24, 2.45) is 0 Å². The van der Waals surface area contributed by atoms with Crippen molar-refractivity contribution in [2.75, 3.05) is 44.7 Å². The van der Waals surface area contributed by atoms with E-state index in [4.69, 9.17) is 9.47 Å². The first-order valence-corrected chi connectivity index (χ1v) is 15.0. The molecule has 11 heteroatoms. The van der Waals surface area contributed by atoms with Gasteiger partial charge in [-0.3, -0.25) is 20.0 Å². The molecule has 3 heterocycles. The molecule has 2 aromatic heterocycles. The predicted molar refractivity (Wildman–Crippen MR) is 155 cm³/mol. The second-order valence-corrected chi connectivity index (χ2v) is 12.1. The van der Waals surface area contributed by atoms with Crippen molar-refractivity contribution in [1.29, 1.82) is 0 Å². The van der Waals surface area contributed by atoms with Gasteiger partial charge in [-0.25, -0.2) is 9.59 Å². The molecule has 0 unspecified atom stereocenters. The molecular formula is C29H41N5O5S. The number of nitrogens with zero attached hydrogens (tertiary/aromatic N) is 3. The van der Waals surface area contributed by atoms with Crippen LogP contribution in [-0.4, -0.2) is 83.7 Å². The van der Waals surface area contributed by atoms with Gasteiger partial charge in [0.15, 0.2) is 5.78 Å². The largest absolute Gasteiger partial charge is 0.444 e. The van der Waals surface area contributed by atoms with Gasteiger partial charge in [-0.15, -0.1) is 11.3 Å². The zero-order chi connectivity index (χ0) is 28.5. The lowest BCUT2D eigenvalue weighted by Crippen LogP contribution is -2.47. The minimum Gasteiger partial charge on any atom is -0.444 e. The highest BCUT2D eigenvalue weighted by molar-refractivity contribution is 7.08. The molecule has 2 fully saturated rings. The number of thiophene rings is 1. The van der Waals surface area contributed by atoms with Gasteiger partial charge >= 0.3 is 12.1 Å². The Bertz CT molecular complexity index is 1130. The van der Waals surface area contributed by atoms with E-state index in [1.165, 1.54) is 11.3 Å². The molecule has 1 saturated heterocycles. The Kier molecular flexibility index (Phi) is 10.5. The van der Waals surface area contributed by atoms with E-state index in [-0.39, 0.29) is 24.3 Å². The first-order chi connectivity index (χ1) is 19.2. The summed E-state index contributed by atoms with van der Waals surface area (Å²) in [4.78, 5) is 46.9. The van der Waals surface area contributed by atoms with Crippen LogP contribution in [0.5, 0.6) is 0 Å². The van der Waals surface area contributed by atoms with E-state index in [1.807, 2.05) is 16.3 Å². The van der Waals surface area contributed by atoms with Crippen molar-refractivity contribution in [3.05, 3.63) is 45.9 Å². The van der Waals surface area contributed by atoms with Crippen LogP contribution in [0.25, 0.3) is 0 Å². The number of ketones is 1. The molecule has 0 atom stereocenters. The summed E-state index contributed by atoms with van der Waals surface area (Å²) >= 11 is 1.40. The molecule has 1 aliphatic carbocycles. The highest BCUT2D eigenvalue weighted by atomic mass is 32.1. The Morgan fingerprint density at radius 2 is 1.90 bits per heavy atom. The van der Waals surface area contributed by atoms with Crippen LogP contribution in [0.3, 0.4) is 0 Å². The topological polar surface area (TPSA) is 113 Å². The molecule has 0 spiro atoms. The molecule has 2 N–H and O–H groups in total. The number of nitrogens with one attached hydrogen (secondary N) is 2. The molecule has 40 heavy (non-hydrogen) atoms. The molecule has 1 saturated carbocycles. The summed E-state index contributed by atoms with van der Waals surface area (Å²) in [5.41, 5.74) is 1.87. The number of hydrogen-bond acceptors (Lipinski definition) is 8. The first kappa shape index (κ1) is 30.0. The number of ether oxygens (including phenoxy) is 2. The second-order valence-electron chi connectivity index (χ2n) is 11.4. The van der Waals surface area contributed by atoms with Crippen LogP contribution in [0.2, 0.25) is 0 Å². The molecule has 0 bridgehead atoms. The average molecular weight is 572 g/mol. The molecule has 218 valence electrons. The lowest BCUT2D eigenvalue weighted by molar-refractivity contribution is 0.0346. The van der Waals surface area contributed by atoms with Crippen molar-refractivity contribution >= 4 is 34.9 Å². The van der Waals surface area contributed by atoms with Gasteiger partial charge in [-0.1, -0.05) is 18.9 Å². The zero-order valence-corrected chi connectivity index (χ0v) is 24.6. The summed E-state index contributed by atoms with van der Waals surface area (Å²) in [5.74, 6) is -0.152. The van der Waals surface area contributed by atoms with Gasteiger partial charge in [0.25, 0.3) is 0 Å².